The molecule has 0 aromatic heterocycles. The van der Waals surface area contributed by atoms with E-state index in [0.29, 0.717) is 40.5 Å². The van der Waals surface area contributed by atoms with Crippen LogP contribution in [0.15, 0.2) is 123 Å². The molecule has 0 radical (unpaired) electrons. The van der Waals surface area contributed by atoms with E-state index in [1.165, 1.54) is 0 Å². The summed E-state index contributed by atoms with van der Waals surface area (Å²) in [4.78, 5) is 35.2. The van der Waals surface area contributed by atoms with Crippen LogP contribution in [0.3, 0.4) is 0 Å². The number of carbonyl (C=O) groups is 3. The van der Waals surface area contributed by atoms with Gasteiger partial charge in [0.2, 0.25) is 0 Å². The molecule has 0 aliphatic carbocycles. The molecular weight excluding hydrogens is 592 g/mol. The van der Waals surface area contributed by atoms with Crippen LogP contribution in [-0.4, -0.2) is 24.5 Å². The number of benzene rings is 4. The van der Waals surface area contributed by atoms with Crippen molar-refractivity contribution in [2.24, 2.45) is 0 Å². The van der Waals surface area contributed by atoms with Crippen LogP contribution in [0.1, 0.15) is 35.6 Å². The van der Waals surface area contributed by atoms with Gasteiger partial charge < -0.3 is 18.9 Å². The summed E-state index contributed by atoms with van der Waals surface area (Å²) in [5, 5.41) is 0. The van der Waals surface area contributed by atoms with Gasteiger partial charge in [0.1, 0.15) is 23.0 Å². The van der Waals surface area contributed by atoms with Crippen LogP contribution in [0.25, 0.3) is 23.3 Å². The van der Waals surface area contributed by atoms with Crippen LogP contribution in [0, 0.1) is 11.8 Å². The van der Waals surface area contributed by atoms with Crippen molar-refractivity contribution in [3.8, 4) is 46.0 Å². The minimum Gasteiger partial charge on any atom is -0.493 e. The topological polar surface area (TPSA) is 88.1 Å². The van der Waals surface area contributed by atoms with Crippen LogP contribution in [0.2, 0.25) is 0 Å². The molecule has 0 N–H and O–H groups in total. The fourth-order valence-corrected chi connectivity index (χ4v) is 4.15. The molecule has 7 nitrogen and oxygen atoms in total. The Labute approximate surface area is 274 Å². The Morgan fingerprint density at radius 1 is 0.617 bits per heavy atom. The molecule has 0 fully saturated rings. The summed E-state index contributed by atoms with van der Waals surface area (Å²) in [7, 11) is 0. The second kappa shape index (κ2) is 16.6. The van der Waals surface area contributed by atoms with Crippen molar-refractivity contribution in [1.29, 1.82) is 0 Å². The van der Waals surface area contributed by atoms with E-state index in [1.807, 2.05) is 55.5 Å². The number of rotatable bonds is 12. The molecule has 0 saturated carbocycles. The second-order valence-corrected chi connectivity index (χ2v) is 9.86. The molecule has 0 heterocycles. The average molecular weight is 625 g/mol. The maximum absolute atomic E-state index is 12.3. The van der Waals surface area contributed by atoms with E-state index in [-0.39, 0.29) is 5.75 Å². The van der Waals surface area contributed by atoms with Crippen molar-refractivity contribution in [2.45, 2.75) is 13.3 Å². The zero-order valence-corrected chi connectivity index (χ0v) is 25.9. The number of hydrogen-bond donors (Lipinski definition) is 0. The van der Waals surface area contributed by atoms with Crippen molar-refractivity contribution >= 4 is 30.1 Å². The van der Waals surface area contributed by atoms with Gasteiger partial charge in [-0.15, -0.1) is 0 Å². The molecule has 0 amide bonds. The van der Waals surface area contributed by atoms with E-state index in [0.717, 1.165) is 41.3 Å². The van der Waals surface area contributed by atoms with Gasteiger partial charge in [-0.1, -0.05) is 81.0 Å². The van der Waals surface area contributed by atoms with E-state index >= 15 is 0 Å². The van der Waals surface area contributed by atoms with Crippen LogP contribution in [0.4, 0.5) is 0 Å². The largest absolute Gasteiger partial charge is 0.493 e. The number of esters is 3. The Bertz CT molecular complexity index is 1870. The minimum atomic E-state index is -0.620. The average Bonchev–Trinajstić information content (AvgIpc) is 3.10. The quantitative estimate of drug-likeness (QED) is 0.0519. The molecule has 0 atom stereocenters. The predicted molar refractivity (Wildman–Crippen MR) is 183 cm³/mol. The maximum Gasteiger partial charge on any atom is 0.335 e. The highest BCUT2D eigenvalue weighted by Crippen LogP contribution is 2.33. The molecule has 0 spiro atoms. The van der Waals surface area contributed by atoms with Crippen molar-refractivity contribution < 1.29 is 33.3 Å². The Kier molecular flexibility index (Phi) is 11.8. The molecule has 0 bridgehead atoms. The summed E-state index contributed by atoms with van der Waals surface area (Å²) in [6.45, 7) is 12.8. The van der Waals surface area contributed by atoms with Gasteiger partial charge in [-0.3, -0.25) is 0 Å². The van der Waals surface area contributed by atoms with Gasteiger partial charge in [-0.25, -0.2) is 14.4 Å². The predicted octanol–water partition coefficient (Wildman–Crippen LogP) is 7.99. The number of ether oxygens (including phenoxy) is 4. The fourth-order valence-electron chi connectivity index (χ4n) is 4.15. The summed E-state index contributed by atoms with van der Waals surface area (Å²) in [5.74, 6) is 6.07. The lowest BCUT2D eigenvalue weighted by Crippen LogP contribution is -2.06. The van der Waals surface area contributed by atoms with Crippen LogP contribution >= 0.6 is 0 Å². The Hall–Kier alpha value is -6.39. The first-order valence-corrected chi connectivity index (χ1v) is 14.7. The highest BCUT2D eigenvalue weighted by Gasteiger charge is 2.14. The van der Waals surface area contributed by atoms with Gasteiger partial charge in [0.25, 0.3) is 0 Å². The molecule has 7 heteroatoms. The highest BCUT2D eigenvalue weighted by molar-refractivity contribution is 5.86. The lowest BCUT2D eigenvalue weighted by atomic mass is 10.0. The molecular formula is C40H32O7. The summed E-state index contributed by atoms with van der Waals surface area (Å²) < 4.78 is 22.0. The Balaban J connectivity index is 1.61. The van der Waals surface area contributed by atoms with Gasteiger partial charge in [-0.05, 0) is 77.7 Å². The molecule has 0 aliphatic heterocycles. The van der Waals surface area contributed by atoms with Crippen molar-refractivity contribution in [3.63, 3.8) is 0 Å². The van der Waals surface area contributed by atoms with E-state index in [1.54, 1.807) is 48.5 Å². The van der Waals surface area contributed by atoms with Crippen molar-refractivity contribution in [2.75, 3.05) is 6.61 Å². The van der Waals surface area contributed by atoms with Gasteiger partial charge in [0.05, 0.1) is 12.2 Å². The Morgan fingerprint density at radius 2 is 1.11 bits per heavy atom. The summed E-state index contributed by atoms with van der Waals surface area (Å²) in [5.41, 5.74) is 4.66. The van der Waals surface area contributed by atoms with Crippen molar-refractivity contribution in [3.05, 3.63) is 145 Å². The van der Waals surface area contributed by atoms with E-state index in [9.17, 15) is 14.4 Å². The van der Waals surface area contributed by atoms with Crippen molar-refractivity contribution in [1.82, 2.24) is 0 Å². The zero-order chi connectivity index (χ0) is 33.6. The number of carbonyl (C=O) groups excluding carboxylic acids is 3. The first-order valence-electron chi connectivity index (χ1n) is 14.7. The molecule has 234 valence electrons. The van der Waals surface area contributed by atoms with E-state index < -0.39 is 17.9 Å². The third kappa shape index (κ3) is 9.80. The van der Waals surface area contributed by atoms with Crippen LogP contribution in [-0.2, 0) is 14.4 Å². The standard InChI is InChI=1S/C40H32O7/c1-5-25-44-36-26-30(10-9-28-13-20-33(21-14-28)45-38(41)6-2)27-37(47-40(43)8-4)35(36)24-15-29-11-16-31(17-12-29)32-18-22-34(23-19-32)46-39(42)7-3/h6-8,11-24,26-27H,2-5,25H2,1H3/b24-15+. The summed E-state index contributed by atoms with van der Waals surface area (Å²) >= 11 is 0. The molecule has 0 unspecified atom stereocenters. The smallest absolute Gasteiger partial charge is 0.335 e. The van der Waals surface area contributed by atoms with Gasteiger partial charge in [-0.2, -0.15) is 0 Å². The van der Waals surface area contributed by atoms with Gasteiger partial charge >= 0.3 is 17.9 Å². The second-order valence-electron chi connectivity index (χ2n) is 9.86. The normalized spacial score (nSPS) is 10.2. The van der Waals surface area contributed by atoms with E-state index in [4.69, 9.17) is 18.9 Å². The van der Waals surface area contributed by atoms with Crippen LogP contribution < -0.4 is 18.9 Å². The number of hydrogen-bond acceptors (Lipinski definition) is 7. The molecule has 0 saturated heterocycles. The maximum atomic E-state index is 12.3. The molecule has 47 heavy (non-hydrogen) atoms. The SMILES string of the molecule is C=CC(=O)Oc1ccc(C#Cc2cc(OCCC)c(/C=C/c3ccc(-c4ccc(OC(=O)C=C)cc4)cc3)c(OC(=O)C=C)c2)cc1. The highest BCUT2D eigenvalue weighted by atomic mass is 16.5. The summed E-state index contributed by atoms with van der Waals surface area (Å²) in [6.07, 6.45) is 7.79. The lowest BCUT2D eigenvalue weighted by Gasteiger charge is -2.14. The lowest BCUT2D eigenvalue weighted by molar-refractivity contribution is -0.129. The molecule has 0 aliphatic rings. The molecule has 4 rings (SSSR count). The minimum absolute atomic E-state index is 0.268. The summed E-state index contributed by atoms with van der Waals surface area (Å²) in [6, 6.07) is 25.3. The van der Waals surface area contributed by atoms with Gasteiger partial charge in [0.15, 0.2) is 0 Å². The van der Waals surface area contributed by atoms with E-state index in [2.05, 4.69) is 31.6 Å². The van der Waals surface area contributed by atoms with Crippen LogP contribution in [0.5, 0.6) is 23.0 Å². The van der Waals surface area contributed by atoms with Gasteiger partial charge in [0, 0.05) is 29.4 Å². The molecule has 4 aromatic carbocycles. The first kappa shape index (κ1) is 33.5. The third-order valence-corrected chi connectivity index (χ3v) is 6.46. The zero-order valence-electron chi connectivity index (χ0n) is 25.9. The fraction of sp³-hybridized carbons (Fsp3) is 0.0750. The third-order valence-electron chi connectivity index (χ3n) is 6.46. The molecule has 4 aromatic rings. The monoisotopic (exact) mass is 624 g/mol. The first-order chi connectivity index (χ1) is 22.8. The Morgan fingerprint density at radius 3 is 1.66 bits per heavy atom.